The maximum Gasteiger partial charge on any atom is 0.260 e. The number of sulfonamides is 1. The second-order valence-electron chi connectivity index (χ2n) is 8.77. The molecule has 2 aromatic carbocycles. The highest BCUT2D eigenvalue weighted by Crippen LogP contribution is 2.34. The molecule has 1 fully saturated rings. The summed E-state index contributed by atoms with van der Waals surface area (Å²) in [5, 5.41) is 0. The van der Waals surface area contributed by atoms with E-state index in [1.54, 1.807) is 17.0 Å². The lowest BCUT2D eigenvalue weighted by Gasteiger charge is -2.34. The molecule has 0 aliphatic carbocycles. The van der Waals surface area contributed by atoms with E-state index >= 15 is 0 Å². The molecule has 0 bridgehead atoms. The first-order valence-corrected chi connectivity index (χ1v) is 13.1. The summed E-state index contributed by atoms with van der Waals surface area (Å²) in [5.41, 5.74) is 3.39. The largest absolute Gasteiger partial charge is 0.371 e. The van der Waals surface area contributed by atoms with Crippen molar-refractivity contribution in [3.05, 3.63) is 53.6 Å². The Morgan fingerprint density at radius 3 is 2.38 bits per heavy atom. The van der Waals surface area contributed by atoms with E-state index in [1.165, 1.54) is 4.31 Å². The molecule has 1 saturated heterocycles. The molecule has 6 nitrogen and oxygen atoms in total. The van der Waals surface area contributed by atoms with Crippen LogP contribution in [0, 0.1) is 5.92 Å². The number of hydrogen-bond donors (Lipinski definition) is 0. The molecule has 1 amide bonds. The van der Waals surface area contributed by atoms with Crippen molar-refractivity contribution in [3.8, 4) is 0 Å². The fourth-order valence-corrected chi connectivity index (χ4v) is 6.26. The number of rotatable bonds is 6. The molecule has 2 aliphatic heterocycles. The lowest BCUT2D eigenvalue weighted by atomic mass is 9.98. The normalized spacial score (nSPS) is 17.1. The van der Waals surface area contributed by atoms with Crippen molar-refractivity contribution in [2.75, 3.05) is 42.5 Å². The second kappa shape index (κ2) is 9.24. The van der Waals surface area contributed by atoms with Gasteiger partial charge in [-0.1, -0.05) is 39.0 Å². The lowest BCUT2D eigenvalue weighted by molar-refractivity contribution is 0.0989. The van der Waals surface area contributed by atoms with Crippen molar-refractivity contribution >= 4 is 27.3 Å². The van der Waals surface area contributed by atoms with Crippen molar-refractivity contribution in [1.29, 1.82) is 0 Å². The molecule has 0 spiro atoms. The van der Waals surface area contributed by atoms with Crippen LogP contribution in [0.4, 0.5) is 11.4 Å². The summed E-state index contributed by atoms with van der Waals surface area (Å²) >= 11 is 0. The van der Waals surface area contributed by atoms with Gasteiger partial charge < -0.3 is 9.80 Å². The van der Waals surface area contributed by atoms with Gasteiger partial charge in [0.05, 0.1) is 10.5 Å². The molecule has 2 aliphatic rings. The number of carbonyl (C=O) groups excluding carboxylic acids is 1. The zero-order valence-corrected chi connectivity index (χ0v) is 20.1. The number of fused-ring (bicyclic) bond motifs is 1. The number of amides is 1. The van der Waals surface area contributed by atoms with Crippen molar-refractivity contribution in [1.82, 2.24) is 4.31 Å². The zero-order chi connectivity index (χ0) is 22.9. The Labute approximate surface area is 191 Å². The Morgan fingerprint density at radius 1 is 1.00 bits per heavy atom. The fraction of sp³-hybridized carbons (Fsp3) is 0.480. The van der Waals surface area contributed by atoms with Gasteiger partial charge in [0.1, 0.15) is 0 Å². The Hall–Kier alpha value is -2.38. The molecule has 0 N–H and O–H groups in total. The Kier molecular flexibility index (Phi) is 6.58. The summed E-state index contributed by atoms with van der Waals surface area (Å²) in [6.45, 7) is 9.07. The van der Waals surface area contributed by atoms with Gasteiger partial charge >= 0.3 is 0 Å². The minimum absolute atomic E-state index is 0.125. The Balaban J connectivity index is 1.78. The van der Waals surface area contributed by atoms with Crippen molar-refractivity contribution < 1.29 is 13.2 Å². The van der Waals surface area contributed by atoms with E-state index in [1.807, 2.05) is 38.1 Å². The van der Waals surface area contributed by atoms with E-state index in [9.17, 15) is 13.2 Å². The highest BCUT2D eigenvalue weighted by molar-refractivity contribution is 7.89. The predicted molar refractivity (Wildman–Crippen MR) is 129 cm³/mol. The number of benzene rings is 2. The van der Waals surface area contributed by atoms with Gasteiger partial charge in [-0.05, 0) is 55.0 Å². The number of nitrogens with zero attached hydrogens (tertiary/aromatic N) is 3. The van der Waals surface area contributed by atoms with Gasteiger partial charge in [0, 0.05) is 44.1 Å². The maximum absolute atomic E-state index is 13.8. The Morgan fingerprint density at radius 2 is 1.69 bits per heavy atom. The SMILES string of the molecule is CCN(CC)S(=O)(=O)c1ccc(N2CCC(C)CC2)c(C(=O)N2CCc3ccccc32)c1. The van der Waals surface area contributed by atoms with Crippen LogP contribution in [0.1, 0.15) is 49.5 Å². The zero-order valence-electron chi connectivity index (χ0n) is 19.3. The van der Waals surface area contributed by atoms with Gasteiger partial charge in [-0.15, -0.1) is 0 Å². The van der Waals surface area contributed by atoms with E-state index in [0.717, 1.165) is 49.3 Å². The highest BCUT2D eigenvalue weighted by atomic mass is 32.2. The minimum Gasteiger partial charge on any atom is -0.371 e. The van der Waals surface area contributed by atoms with Crippen LogP contribution in [0.2, 0.25) is 0 Å². The smallest absolute Gasteiger partial charge is 0.260 e. The first kappa shape index (κ1) is 22.8. The first-order chi connectivity index (χ1) is 15.4. The van der Waals surface area contributed by atoms with E-state index < -0.39 is 10.0 Å². The topological polar surface area (TPSA) is 60.9 Å². The van der Waals surface area contributed by atoms with Crippen LogP contribution in [0.25, 0.3) is 0 Å². The van der Waals surface area contributed by atoms with Gasteiger partial charge in [0.2, 0.25) is 10.0 Å². The third-order valence-corrected chi connectivity index (χ3v) is 8.84. The number of anilines is 2. The van der Waals surface area contributed by atoms with Gasteiger partial charge in [0.15, 0.2) is 0 Å². The average Bonchev–Trinajstić information content (AvgIpc) is 3.23. The number of hydrogen-bond acceptors (Lipinski definition) is 4. The van der Waals surface area contributed by atoms with Gasteiger partial charge in [-0.2, -0.15) is 4.31 Å². The highest BCUT2D eigenvalue weighted by Gasteiger charge is 2.31. The summed E-state index contributed by atoms with van der Waals surface area (Å²) in [4.78, 5) is 18.0. The van der Waals surface area contributed by atoms with Gasteiger partial charge in [0.25, 0.3) is 5.91 Å². The number of piperidine rings is 1. The van der Waals surface area contributed by atoms with Crippen LogP contribution >= 0.6 is 0 Å². The first-order valence-electron chi connectivity index (χ1n) is 11.7. The molecule has 32 heavy (non-hydrogen) atoms. The maximum atomic E-state index is 13.8. The van der Waals surface area contributed by atoms with Crippen LogP contribution in [-0.4, -0.2) is 51.4 Å². The van der Waals surface area contributed by atoms with Crippen LogP contribution < -0.4 is 9.80 Å². The summed E-state index contributed by atoms with van der Waals surface area (Å²) in [5.74, 6) is 0.540. The van der Waals surface area contributed by atoms with Crippen molar-refractivity contribution in [3.63, 3.8) is 0 Å². The fourth-order valence-electron chi connectivity index (χ4n) is 4.78. The summed E-state index contributed by atoms with van der Waals surface area (Å²) in [6.07, 6.45) is 2.95. The molecule has 0 radical (unpaired) electrons. The third kappa shape index (κ3) is 4.16. The monoisotopic (exact) mass is 455 g/mol. The van der Waals surface area contributed by atoms with Gasteiger partial charge in [-0.25, -0.2) is 8.42 Å². The summed E-state index contributed by atoms with van der Waals surface area (Å²) < 4.78 is 27.8. The molecule has 172 valence electrons. The molecule has 2 aromatic rings. The van der Waals surface area contributed by atoms with Crippen molar-refractivity contribution in [2.45, 2.75) is 44.9 Å². The summed E-state index contributed by atoms with van der Waals surface area (Å²) in [6, 6.07) is 13.1. The second-order valence-corrected chi connectivity index (χ2v) is 10.7. The number of carbonyl (C=O) groups is 1. The van der Waals surface area contributed by atoms with E-state index in [4.69, 9.17) is 0 Å². The molecule has 0 aromatic heterocycles. The average molecular weight is 456 g/mol. The molecule has 0 unspecified atom stereocenters. The molecular formula is C25H33N3O3S. The van der Waals surface area contributed by atoms with Crippen LogP contribution in [0.3, 0.4) is 0 Å². The molecule has 7 heteroatoms. The van der Waals surface area contributed by atoms with Crippen LogP contribution in [0.5, 0.6) is 0 Å². The standard InChI is InChI=1S/C25H33N3O3S/c1-4-27(5-2)32(30,31)21-10-11-24(26-15-12-19(3)13-16-26)22(18-21)25(29)28-17-14-20-8-6-7-9-23(20)28/h6-11,18-19H,4-5,12-17H2,1-3H3. The summed E-state index contributed by atoms with van der Waals surface area (Å²) in [7, 11) is -3.65. The predicted octanol–water partition coefficient (Wildman–Crippen LogP) is 4.16. The van der Waals surface area contributed by atoms with E-state index in [-0.39, 0.29) is 10.8 Å². The third-order valence-electron chi connectivity index (χ3n) is 6.80. The van der Waals surface area contributed by atoms with Gasteiger partial charge in [-0.3, -0.25) is 4.79 Å². The molecule has 0 atom stereocenters. The van der Waals surface area contributed by atoms with Crippen LogP contribution in [-0.2, 0) is 16.4 Å². The molecule has 0 saturated carbocycles. The van der Waals surface area contributed by atoms with E-state index in [2.05, 4.69) is 17.9 Å². The quantitative estimate of drug-likeness (QED) is 0.656. The number of para-hydroxylation sites is 1. The van der Waals surface area contributed by atoms with Crippen molar-refractivity contribution in [2.24, 2.45) is 5.92 Å². The van der Waals surface area contributed by atoms with Crippen LogP contribution in [0.15, 0.2) is 47.4 Å². The molecular weight excluding hydrogens is 422 g/mol. The molecule has 4 rings (SSSR count). The lowest BCUT2D eigenvalue weighted by Crippen LogP contribution is -2.36. The van der Waals surface area contributed by atoms with E-state index in [0.29, 0.717) is 31.1 Å². The molecule has 2 heterocycles. The Bertz CT molecular complexity index is 1090. The minimum atomic E-state index is -3.65.